The number of thioether (sulfide) groups is 1. The maximum atomic E-state index is 13.1. The Balaban J connectivity index is 1.91. The van der Waals surface area contributed by atoms with Gasteiger partial charge >= 0.3 is 0 Å². The Morgan fingerprint density at radius 3 is 2.74 bits per heavy atom. The molecule has 0 fully saturated rings. The highest BCUT2D eigenvalue weighted by Crippen LogP contribution is 2.32. The molecule has 1 aromatic carbocycles. The number of thiophene rings is 1. The number of hydrogen-bond acceptors (Lipinski definition) is 6. The molecule has 0 aliphatic carbocycles. The third kappa shape index (κ3) is 4.89. The first kappa shape index (κ1) is 22.8. The van der Waals surface area contributed by atoms with Crippen molar-refractivity contribution in [2.75, 3.05) is 5.75 Å². The molecule has 31 heavy (non-hydrogen) atoms. The van der Waals surface area contributed by atoms with Crippen molar-refractivity contribution >= 4 is 39.2 Å². The van der Waals surface area contributed by atoms with Crippen molar-refractivity contribution in [3.05, 3.63) is 59.4 Å². The number of carbonyl (C=O) groups is 1. The van der Waals surface area contributed by atoms with Gasteiger partial charge < -0.3 is 5.32 Å². The molecule has 1 amide bonds. The van der Waals surface area contributed by atoms with E-state index in [4.69, 9.17) is 0 Å². The second-order valence-electron chi connectivity index (χ2n) is 7.60. The van der Waals surface area contributed by atoms with Crippen LogP contribution in [0.1, 0.15) is 20.8 Å². The molecule has 1 atom stereocenters. The smallest absolute Gasteiger partial charge is 0.272 e. The van der Waals surface area contributed by atoms with E-state index >= 15 is 0 Å². The van der Waals surface area contributed by atoms with E-state index < -0.39 is 5.54 Å². The summed E-state index contributed by atoms with van der Waals surface area (Å²) < 4.78 is 2.11. The number of nitriles is 1. The van der Waals surface area contributed by atoms with Gasteiger partial charge in [-0.15, -0.1) is 17.9 Å². The molecule has 3 aromatic rings. The molecule has 0 saturated heterocycles. The molecular weight excluding hydrogens is 428 g/mol. The number of amides is 1. The third-order valence-corrected chi connectivity index (χ3v) is 7.22. The molecule has 0 aliphatic rings. The lowest BCUT2D eigenvalue weighted by Crippen LogP contribution is -2.49. The Kier molecular flexibility index (Phi) is 6.98. The molecule has 2 aromatic heterocycles. The molecule has 0 aliphatic heterocycles. The fraction of sp³-hybridized carbons (Fsp3) is 0.304. The van der Waals surface area contributed by atoms with Gasteiger partial charge in [-0.2, -0.15) is 5.26 Å². The van der Waals surface area contributed by atoms with Crippen LogP contribution in [-0.4, -0.2) is 26.8 Å². The number of nitrogens with one attached hydrogen (secondary N) is 1. The van der Waals surface area contributed by atoms with E-state index in [1.54, 1.807) is 13.0 Å². The summed E-state index contributed by atoms with van der Waals surface area (Å²) in [6.07, 6.45) is 1.64. The van der Waals surface area contributed by atoms with Crippen LogP contribution in [0.5, 0.6) is 0 Å². The Bertz CT molecular complexity index is 1210. The molecule has 6 nitrogen and oxygen atoms in total. The lowest BCUT2D eigenvalue weighted by molar-refractivity contribution is -0.120. The zero-order chi connectivity index (χ0) is 22.6. The lowest BCUT2D eigenvalue weighted by Gasteiger charge is -2.27. The van der Waals surface area contributed by atoms with Gasteiger partial charge in [-0.25, -0.2) is 4.98 Å². The minimum absolute atomic E-state index is 0.0397. The fourth-order valence-electron chi connectivity index (χ4n) is 2.89. The highest BCUT2D eigenvalue weighted by atomic mass is 32.2. The molecular formula is C23H24N4O2S2. The van der Waals surface area contributed by atoms with Gasteiger partial charge in [-0.05, 0) is 24.5 Å². The summed E-state index contributed by atoms with van der Waals surface area (Å²) in [5.74, 6) is -0.269. The first-order valence-corrected chi connectivity index (χ1v) is 11.6. The number of carbonyl (C=O) groups excluding carboxylic acids is 1. The van der Waals surface area contributed by atoms with E-state index in [0.29, 0.717) is 21.9 Å². The first-order valence-electron chi connectivity index (χ1n) is 9.85. The molecule has 1 N–H and O–H groups in total. The van der Waals surface area contributed by atoms with Crippen LogP contribution < -0.4 is 10.9 Å². The van der Waals surface area contributed by atoms with Crippen molar-refractivity contribution in [3.63, 3.8) is 0 Å². The van der Waals surface area contributed by atoms with Gasteiger partial charge in [0, 0.05) is 11.4 Å². The second kappa shape index (κ2) is 9.50. The van der Waals surface area contributed by atoms with E-state index in [-0.39, 0.29) is 23.1 Å². The Hall–Kier alpha value is -2.89. The molecule has 0 radical (unpaired) electrons. The van der Waals surface area contributed by atoms with Crippen LogP contribution in [0, 0.1) is 17.2 Å². The molecule has 2 heterocycles. The SMILES string of the molecule is C=CCn1c(SCC(=O)NC(C)(C#N)C(C)C)nc2cc(-c3ccccc3)sc2c1=O. The highest BCUT2D eigenvalue weighted by Gasteiger charge is 2.30. The van der Waals surface area contributed by atoms with Gasteiger partial charge in [0.25, 0.3) is 5.56 Å². The summed E-state index contributed by atoms with van der Waals surface area (Å²) in [4.78, 5) is 31.2. The normalized spacial score (nSPS) is 13.0. The van der Waals surface area contributed by atoms with Gasteiger partial charge in [0.1, 0.15) is 10.2 Å². The van der Waals surface area contributed by atoms with Crippen molar-refractivity contribution in [3.8, 4) is 16.5 Å². The minimum atomic E-state index is -0.951. The number of hydrogen-bond donors (Lipinski definition) is 1. The monoisotopic (exact) mass is 452 g/mol. The Labute approximate surface area is 189 Å². The molecule has 0 spiro atoms. The van der Waals surface area contributed by atoms with Gasteiger partial charge in [0.05, 0.1) is 17.3 Å². The van der Waals surface area contributed by atoms with Gasteiger partial charge in [-0.3, -0.25) is 14.2 Å². The van der Waals surface area contributed by atoms with Crippen molar-refractivity contribution in [2.45, 2.75) is 38.0 Å². The Morgan fingerprint density at radius 1 is 1.42 bits per heavy atom. The van der Waals surface area contributed by atoms with Crippen molar-refractivity contribution in [2.24, 2.45) is 5.92 Å². The zero-order valence-electron chi connectivity index (χ0n) is 17.7. The van der Waals surface area contributed by atoms with Crippen molar-refractivity contribution < 1.29 is 4.79 Å². The van der Waals surface area contributed by atoms with Crippen LogP contribution in [0.15, 0.2) is 59.0 Å². The molecule has 8 heteroatoms. The predicted octanol–water partition coefficient (Wildman–Crippen LogP) is 4.46. The quantitative estimate of drug-likeness (QED) is 0.310. The lowest BCUT2D eigenvalue weighted by atomic mass is 9.90. The maximum Gasteiger partial charge on any atom is 0.272 e. The predicted molar refractivity (Wildman–Crippen MR) is 127 cm³/mol. The summed E-state index contributed by atoms with van der Waals surface area (Å²) >= 11 is 2.59. The standard InChI is InChI=1S/C23H24N4O2S2/c1-5-11-27-21(29)20-17(12-18(31-20)16-9-7-6-8-10-16)25-22(27)30-13-19(28)26-23(4,14-24)15(2)3/h5-10,12,15H,1,11,13H2,2-4H3,(H,26,28). The van der Waals surface area contributed by atoms with Crippen LogP contribution in [0.3, 0.4) is 0 Å². The van der Waals surface area contributed by atoms with Gasteiger partial charge in [0.15, 0.2) is 5.16 Å². The molecule has 160 valence electrons. The van der Waals surface area contributed by atoms with Crippen molar-refractivity contribution in [1.82, 2.24) is 14.9 Å². The minimum Gasteiger partial charge on any atom is -0.337 e. The maximum absolute atomic E-state index is 13.1. The third-order valence-electron chi connectivity index (χ3n) is 5.09. The largest absolute Gasteiger partial charge is 0.337 e. The van der Waals surface area contributed by atoms with Crippen LogP contribution in [-0.2, 0) is 11.3 Å². The number of benzene rings is 1. The number of aromatic nitrogens is 2. The number of fused-ring (bicyclic) bond motifs is 1. The Morgan fingerprint density at radius 2 is 2.13 bits per heavy atom. The highest BCUT2D eigenvalue weighted by molar-refractivity contribution is 7.99. The zero-order valence-corrected chi connectivity index (χ0v) is 19.3. The number of allylic oxidation sites excluding steroid dienone is 1. The molecule has 1 unspecified atom stereocenters. The average molecular weight is 453 g/mol. The summed E-state index contributed by atoms with van der Waals surface area (Å²) in [6.45, 7) is 9.50. The topological polar surface area (TPSA) is 87.8 Å². The van der Waals surface area contributed by atoms with Crippen molar-refractivity contribution in [1.29, 1.82) is 5.26 Å². The van der Waals surface area contributed by atoms with Crippen LogP contribution in [0.2, 0.25) is 0 Å². The summed E-state index contributed by atoms with van der Waals surface area (Å²) in [5, 5.41) is 12.7. The summed E-state index contributed by atoms with van der Waals surface area (Å²) in [5.41, 5.74) is 0.539. The van der Waals surface area contributed by atoms with E-state index in [2.05, 4.69) is 22.9 Å². The van der Waals surface area contributed by atoms with Gasteiger partial charge in [-0.1, -0.05) is 62.0 Å². The molecule has 0 saturated carbocycles. The van der Waals surface area contributed by atoms with E-state index in [0.717, 1.165) is 10.4 Å². The second-order valence-corrected chi connectivity index (χ2v) is 9.59. The van der Waals surface area contributed by atoms with E-state index in [9.17, 15) is 14.9 Å². The fourth-order valence-corrected chi connectivity index (χ4v) is 4.75. The molecule has 0 bridgehead atoms. The van der Waals surface area contributed by atoms with E-state index in [1.807, 2.05) is 50.2 Å². The van der Waals surface area contributed by atoms with Gasteiger partial charge in [0.2, 0.25) is 5.91 Å². The first-order chi connectivity index (χ1) is 14.8. The number of nitrogens with zero attached hydrogens (tertiary/aromatic N) is 3. The average Bonchev–Trinajstić information content (AvgIpc) is 3.19. The molecule has 3 rings (SSSR count). The van der Waals surface area contributed by atoms with Crippen LogP contribution >= 0.6 is 23.1 Å². The van der Waals surface area contributed by atoms with Crippen LogP contribution in [0.25, 0.3) is 20.7 Å². The van der Waals surface area contributed by atoms with Crippen LogP contribution in [0.4, 0.5) is 0 Å². The number of rotatable bonds is 8. The summed E-state index contributed by atoms with van der Waals surface area (Å²) in [6, 6.07) is 13.9. The van der Waals surface area contributed by atoms with E-state index in [1.165, 1.54) is 27.7 Å². The summed E-state index contributed by atoms with van der Waals surface area (Å²) in [7, 11) is 0.